The smallest absolute Gasteiger partial charge is 0.343 e. The van der Waals surface area contributed by atoms with Crippen LogP contribution in [0, 0.1) is 0 Å². The molecule has 1 aliphatic heterocycles. The van der Waals surface area contributed by atoms with Crippen LogP contribution in [-0.4, -0.2) is 50.0 Å². The first-order valence-corrected chi connectivity index (χ1v) is 15.6. The van der Waals surface area contributed by atoms with Gasteiger partial charge in [-0.1, -0.05) is 17.4 Å². The Labute approximate surface area is 268 Å². The minimum Gasteiger partial charge on any atom is -0.493 e. The zero-order valence-electron chi connectivity index (χ0n) is 24.4. The normalized spacial score (nSPS) is 14.7. The molecule has 0 fully saturated rings. The number of halogens is 2. The molecule has 0 radical (unpaired) electrons. The third kappa shape index (κ3) is 7.05. The topological polar surface area (TPSA) is 115 Å². The number of ether oxygens (including phenoxy) is 5. The minimum atomic E-state index is -0.813. The van der Waals surface area contributed by atoms with Gasteiger partial charge in [-0.3, -0.25) is 9.36 Å². The number of rotatable bonds is 10. The van der Waals surface area contributed by atoms with Crippen molar-refractivity contribution in [1.29, 1.82) is 0 Å². The number of carbonyl (C=O) groups is 2. The first-order valence-electron chi connectivity index (χ1n) is 13.2. The van der Waals surface area contributed by atoms with Crippen LogP contribution in [0.25, 0.3) is 6.08 Å². The van der Waals surface area contributed by atoms with Crippen molar-refractivity contribution >= 4 is 61.2 Å². The highest BCUT2D eigenvalue weighted by Gasteiger charge is 2.34. The minimum absolute atomic E-state index is 0.0804. The Hall–Kier alpha value is -3.42. The maximum absolute atomic E-state index is 14.0. The average Bonchev–Trinajstić information content (AvgIpc) is 3.25. The molecule has 0 amide bonds. The number of aromatic nitrogens is 1. The Bertz CT molecular complexity index is 1750. The number of hydrogen-bond acceptors (Lipinski definition) is 10. The highest BCUT2D eigenvalue weighted by Crippen LogP contribution is 2.37. The van der Waals surface area contributed by atoms with E-state index in [0.29, 0.717) is 52.4 Å². The van der Waals surface area contributed by atoms with E-state index in [1.807, 2.05) is 13.8 Å². The lowest BCUT2D eigenvalue weighted by Gasteiger charge is -2.25. The largest absolute Gasteiger partial charge is 0.493 e. The Kier molecular flexibility index (Phi) is 10.5. The van der Waals surface area contributed by atoms with Crippen LogP contribution in [0.3, 0.4) is 0 Å². The monoisotopic (exact) mass is 736 g/mol. The van der Waals surface area contributed by atoms with Gasteiger partial charge in [0.25, 0.3) is 5.56 Å². The molecule has 0 bridgehead atoms. The molecule has 0 unspecified atom stereocenters. The Morgan fingerprint density at radius 2 is 1.81 bits per heavy atom. The van der Waals surface area contributed by atoms with Gasteiger partial charge in [-0.05, 0) is 101 Å². The summed E-state index contributed by atoms with van der Waals surface area (Å²) in [5.74, 6) is 0.353. The first kappa shape index (κ1) is 32.5. The molecular formula is C30H30Br2N2O8S. The number of benzene rings is 2. The lowest BCUT2D eigenvalue weighted by Crippen LogP contribution is -2.40. The van der Waals surface area contributed by atoms with Crippen molar-refractivity contribution in [1.82, 2.24) is 4.57 Å². The molecule has 0 saturated carbocycles. The predicted octanol–water partition coefficient (Wildman–Crippen LogP) is 4.67. The number of carbonyl (C=O) groups excluding carboxylic acids is 2. The first-order chi connectivity index (χ1) is 20.5. The average molecular weight is 738 g/mol. The summed E-state index contributed by atoms with van der Waals surface area (Å²) in [6.45, 7) is 7.18. The molecule has 2 heterocycles. The van der Waals surface area contributed by atoms with Gasteiger partial charge in [0.1, 0.15) is 5.75 Å². The van der Waals surface area contributed by atoms with Crippen LogP contribution >= 0.6 is 43.2 Å². The van der Waals surface area contributed by atoms with Gasteiger partial charge in [0.15, 0.2) is 22.9 Å². The third-order valence-corrected chi connectivity index (χ3v) is 8.42. The summed E-state index contributed by atoms with van der Waals surface area (Å²) >= 11 is 8.15. The Morgan fingerprint density at radius 1 is 1.12 bits per heavy atom. The maximum Gasteiger partial charge on any atom is 0.343 e. The fourth-order valence-corrected chi connectivity index (χ4v) is 6.95. The summed E-state index contributed by atoms with van der Waals surface area (Å²) in [7, 11) is 2.82. The molecule has 4 rings (SSSR count). The summed E-state index contributed by atoms with van der Waals surface area (Å²) in [4.78, 5) is 43.8. The standard InChI is InChI=1S/C30H30Br2N2O8S/c1-7-40-29(37)25-16(4)33-30-34(26(25)18-8-9-21(42-15(2)3)22(13-18)38-5)28(36)23(43-30)12-17-10-19(31)27(20(32)11-17)41-14-24(35)39-6/h8-13,15,26H,7,14H2,1-6H3/b23-12-/t26-/m1/s1. The lowest BCUT2D eigenvalue weighted by molar-refractivity contribution is -0.143. The van der Waals surface area contributed by atoms with E-state index in [2.05, 4.69) is 41.6 Å². The van der Waals surface area contributed by atoms with Crippen molar-refractivity contribution in [3.63, 3.8) is 0 Å². The molecule has 1 aromatic heterocycles. The SMILES string of the molecule is CCOC(=O)C1=C(C)N=c2s/c(=C\c3cc(Br)c(OCC(=O)OC)c(Br)c3)c(=O)n2[C@@H]1c1ccc(OC(C)C)c(OC)c1. The zero-order valence-corrected chi connectivity index (χ0v) is 28.3. The molecule has 2 aromatic carbocycles. The van der Waals surface area contributed by atoms with Crippen molar-refractivity contribution in [3.05, 3.63) is 81.4 Å². The van der Waals surface area contributed by atoms with Crippen molar-refractivity contribution in [2.45, 2.75) is 39.8 Å². The fraction of sp³-hybridized carbons (Fsp3) is 0.333. The summed E-state index contributed by atoms with van der Waals surface area (Å²) in [6, 6.07) is 8.05. The van der Waals surface area contributed by atoms with Gasteiger partial charge in [-0.15, -0.1) is 0 Å². The summed E-state index contributed by atoms with van der Waals surface area (Å²) in [6.07, 6.45) is 1.65. The number of nitrogens with zero attached hydrogens (tertiary/aromatic N) is 2. The van der Waals surface area contributed by atoms with E-state index in [1.54, 1.807) is 50.3 Å². The van der Waals surface area contributed by atoms with E-state index in [1.165, 1.54) is 30.1 Å². The van der Waals surface area contributed by atoms with E-state index in [-0.39, 0.29) is 30.5 Å². The molecule has 1 aliphatic rings. The second-order valence-electron chi connectivity index (χ2n) is 9.56. The number of methoxy groups -OCH3 is 2. The van der Waals surface area contributed by atoms with Gasteiger partial charge in [-0.25, -0.2) is 14.6 Å². The van der Waals surface area contributed by atoms with Crippen LogP contribution in [0.4, 0.5) is 0 Å². The van der Waals surface area contributed by atoms with Crippen LogP contribution in [0.15, 0.2) is 60.3 Å². The highest BCUT2D eigenvalue weighted by atomic mass is 79.9. The van der Waals surface area contributed by atoms with Gasteiger partial charge in [0.05, 0.1) is 57.7 Å². The van der Waals surface area contributed by atoms with E-state index < -0.39 is 18.0 Å². The summed E-state index contributed by atoms with van der Waals surface area (Å²) in [5, 5.41) is 0. The van der Waals surface area contributed by atoms with E-state index in [4.69, 9.17) is 18.9 Å². The summed E-state index contributed by atoms with van der Waals surface area (Å²) in [5.41, 5.74) is 1.70. The second-order valence-corrected chi connectivity index (χ2v) is 12.3. The molecule has 3 aromatic rings. The lowest BCUT2D eigenvalue weighted by atomic mass is 9.95. The van der Waals surface area contributed by atoms with Crippen molar-refractivity contribution in [2.24, 2.45) is 4.99 Å². The zero-order chi connectivity index (χ0) is 31.4. The third-order valence-electron chi connectivity index (χ3n) is 6.26. The summed E-state index contributed by atoms with van der Waals surface area (Å²) < 4.78 is 30.1. The Balaban J connectivity index is 1.86. The van der Waals surface area contributed by atoms with Gasteiger partial charge in [0.2, 0.25) is 0 Å². The number of fused-ring (bicyclic) bond motifs is 1. The molecule has 0 spiro atoms. The van der Waals surface area contributed by atoms with Crippen molar-refractivity contribution < 1.29 is 33.3 Å². The number of esters is 2. The van der Waals surface area contributed by atoms with Crippen molar-refractivity contribution in [3.8, 4) is 17.2 Å². The second kappa shape index (κ2) is 13.9. The van der Waals surface area contributed by atoms with E-state index in [0.717, 1.165) is 0 Å². The van der Waals surface area contributed by atoms with E-state index in [9.17, 15) is 14.4 Å². The molecular weight excluding hydrogens is 708 g/mol. The fourth-order valence-electron chi connectivity index (χ4n) is 4.45. The molecule has 0 saturated heterocycles. The van der Waals surface area contributed by atoms with Gasteiger partial charge in [0, 0.05) is 0 Å². The van der Waals surface area contributed by atoms with Gasteiger partial charge < -0.3 is 23.7 Å². The number of allylic oxidation sites excluding steroid dienone is 1. The van der Waals surface area contributed by atoms with Crippen LogP contribution in [0.1, 0.15) is 44.9 Å². The maximum atomic E-state index is 14.0. The van der Waals surface area contributed by atoms with Gasteiger partial charge in [-0.2, -0.15) is 0 Å². The molecule has 0 N–H and O–H groups in total. The molecule has 228 valence electrons. The van der Waals surface area contributed by atoms with Crippen LogP contribution in [-0.2, 0) is 19.1 Å². The molecule has 43 heavy (non-hydrogen) atoms. The quantitative estimate of drug-likeness (QED) is 0.276. The molecule has 0 aliphatic carbocycles. The van der Waals surface area contributed by atoms with Crippen LogP contribution < -0.4 is 29.1 Å². The molecule has 10 nitrogen and oxygen atoms in total. The van der Waals surface area contributed by atoms with Gasteiger partial charge >= 0.3 is 11.9 Å². The number of hydrogen-bond donors (Lipinski definition) is 0. The van der Waals surface area contributed by atoms with Crippen molar-refractivity contribution in [2.75, 3.05) is 27.4 Å². The molecule has 1 atom stereocenters. The highest BCUT2D eigenvalue weighted by molar-refractivity contribution is 9.11. The number of thiazole rings is 1. The van der Waals surface area contributed by atoms with E-state index >= 15 is 0 Å². The van der Waals surface area contributed by atoms with Crippen LogP contribution in [0.2, 0.25) is 0 Å². The Morgan fingerprint density at radius 3 is 2.42 bits per heavy atom. The van der Waals surface area contributed by atoms with Crippen LogP contribution in [0.5, 0.6) is 17.2 Å². The predicted molar refractivity (Wildman–Crippen MR) is 169 cm³/mol. The molecule has 13 heteroatoms.